The molecule has 3 rings (SSSR count). The van der Waals surface area contributed by atoms with Crippen molar-refractivity contribution in [3.05, 3.63) is 22.4 Å². The lowest BCUT2D eigenvalue weighted by molar-refractivity contribution is -0.146. The molecule has 1 atom stereocenters. The fourth-order valence-corrected chi connectivity index (χ4v) is 4.78. The molecule has 0 aromatic heterocycles. The first kappa shape index (κ1) is 17.1. The van der Waals surface area contributed by atoms with Gasteiger partial charge in [-0.1, -0.05) is 12.5 Å². The molecule has 0 aromatic rings. The first-order valence-electron chi connectivity index (χ1n) is 9.04. The van der Waals surface area contributed by atoms with Crippen molar-refractivity contribution in [1.29, 1.82) is 0 Å². The van der Waals surface area contributed by atoms with Gasteiger partial charge in [0.25, 0.3) is 0 Å². The number of halogens is 1. The summed E-state index contributed by atoms with van der Waals surface area (Å²) in [5.41, 5.74) is -0.0914. The Morgan fingerprint density at radius 3 is 2.57 bits per heavy atom. The minimum absolute atomic E-state index is 0.0792. The highest BCUT2D eigenvalue weighted by atomic mass is 79.9. The van der Waals surface area contributed by atoms with Crippen LogP contribution < -0.4 is 0 Å². The number of hydrogen-bond donors (Lipinski definition) is 0. The van der Waals surface area contributed by atoms with Crippen LogP contribution in [0.4, 0.5) is 0 Å². The average Bonchev–Trinajstić information content (AvgIpc) is 2.93. The van der Waals surface area contributed by atoms with Gasteiger partial charge in [-0.15, -0.1) is 0 Å². The van der Waals surface area contributed by atoms with Crippen molar-refractivity contribution >= 4 is 21.9 Å². The summed E-state index contributed by atoms with van der Waals surface area (Å²) < 4.78 is 12.4. The van der Waals surface area contributed by atoms with Crippen molar-refractivity contribution in [2.24, 2.45) is 11.3 Å². The zero-order chi connectivity index (χ0) is 16.3. The van der Waals surface area contributed by atoms with Crippen LogP contribution in [0.15, 0.2) is 22.4 Å². The molecule has 4 heteroatoms. The minimum atomic E-state index is -0.0914. The highest BCUT2D eigenvalue weighted by Gasteiger charge is 2.43. The van der Waals surface area contributed by atoms with Gasteiger partial charge in [-0.2, -0.15) is 0 Å². The molecule has 2 fully saturated rings. The van der Waals surface area contributed by atoms with Gasteiger partial charge in [0.15, 0.2) is 0 Å². The van der Waals surface area contributed by atoms with Crippen molar-refractivity contribution < 1.29 is 14.3 Å². The molecular weight excluding hydrogens is 356 g/mol. The summed E-state index contributed by atoms with van der Waals surface area (Å²) in [7, 11) is 0. The molecule has 0 N–H and O–H groups in total. The second kappa shape index (κ2) is 7.42. The number of carbonyl (C=O) groups is 1. The van der Waals surface area contributed by atoms with E-state index in [0.717, 1.165) is 29.5 Å². The molecule has 0 aromatic carbocycles. The summed E-state index contributed by atoms with van der Waals surface area (Å²) in [6, 6.07) is 0. The van der Waals surface area contributed by atoms with Crippen molar-refractivity contribution in [2.75, 3.05) is 6.61 Å². The first-order chi connectivity index (χ1) is 11.1. The molecule has 0 spiro atoms. The number of esters is 1. The van der Waals surface area contributed by atoms with Crippen LogP contribution in [-0.2, 0) is 14.3 Å². The van der Waals surface area contributed by atoms with E-state index in [-0.39, 0.29) is 11.4 Å². The summed E-state index contributed by atoms with van der Waals surface area (Å²) >= 11 is 3.70. The summed E-state index contributed by atoms with van der Waals surface area (Å²) in [6.07, 6.45) is 14.7. The lowest BCUT2D eigenvalue weighted by Gasteiger charge is -2.44. The fraction of sp³-hybridized carbons (Fsp3) is 0.737. The van der Waals surface area contributed by atoms with E-state index in [9.17, 15) is 4.79 Å². The van der Waals surface area contributed by atoms with Crippen molar-refractivity contribution in [3.63, 3.8) is 0 Å². The topological polar surface area (TPSA) is 35.5 Å². The monoisotopic (exact) mass is 382 g/mol. The van der Waals surface area contributed by atoms with Crippen LogP contribution in [-0.4, -0.2) is 18.7 Å². The highest BCUT2D eigenvalue weighted by molar-refractivity contribution is 9.11. The fourth-order valence-electron chi connectivity index (χ4n) is 4.07. The molecule has 0 radical (unpaired) electrons. The maximum absolute atomic E-state index is 12.1. The Kier molecular flexibility index (Phi) is 5.50. The van der Waals surface area contributed by atoms with Gasteiger partial charge in [0.05, 0.1) is 23.6 Å². The largest absolute Gasteiger partial charge is 0.490 e. The van der Waals surface area contributed by atoms with Gasteiger partial charge < -0.3 is 9.47 Å². The van der Waals surface area contributed by atoms with E-state index in [1.807, 2.05) is 6.92 Å². The quantitative estimate of drug-likeness (QED) is 0.588. The summed E-state index contributed by atoms with van der Waals surface area (Å²) in [5, 5.41) is 0. The second-order valence-electron chi connectivity index (χ2n) is 7.13. The predicted molar refractivity (Wildman–Crippen MR) is 94.1 cm³/mol. The molecule has 0 heterocycles. The second-order valence-corrected chi connectivity index (χ2v) is 7.99. The molecule has 2 saturated carbocycles. The summed E-state index contributed by atoms with van der Waals surface area (Å²) in [6.45, 7) is 2.32. The number of ether oxygens (including phenoxy) is 2. The van der Waals surface area contributed by atoms with Gasteiger partial charge in [0.2, 0.25) is 0 Å². The number of rotatable bonds is 6. The van der Waals surface area contributed by atoms with Crippen LogP contribution in [0.2, 0.25) is 0 Å². The van der Waals surface area contributed by atoms with Crippen LogP contribution in [0.1, 0.15) is 64.7 Å². The van der Waals surface area contributed by atoms with Crippen LogP contribution >= 0.6 is 15.9 Å². The normalized spacial score (nSPS) is 28.8. The van der Waals surface area contributed by atoms with E-state index < -0.39 is 0 Å². The standard InChI is InChI=1S/C19H27BrO3/c1-2-22-18(21)13-19(14-6-5-7-14)11-10-17(16(20)12-19)23-15-8-3-4-9-15/h10,12,14-15H,2-9,11,13H2,1H3. The third-order valence-corrected chi connectivity index (χ3v) is 6.23. The van der Waals surface area contributed by atoms with Crippen LogP contribution in [0.5, 0.6) is 0 Å². The maximum Gasteiger partial charge on any atom is 0.306 e. The lowest BCUT2D eigenvalue weighted by atomic mass is 9.61. The van der Waals surface area contributed by atoms with Crippen molar-refractivity contribution in [2.45, 2.75) is 70.8 Å². The van der Waals surface area contributed by atoms with Crippen LogP contribution in [0.3, 0.4) is 0 Å². The van der Waals surface area contributed by atoms with Crippen LogP contribution in [0, 0.1) is 11.3 Å². The minimum Gasteiger partial charge on any atom is -0.490 e. The molecule has 0 amide bonds. The SMILES string of the molecule is CCOC(=O)CC1(C2CCC2)C=C(Br)C(OC2CCCC2)=CC1. The Morgan fingerprint density at radius 1 is 1.26 bits per heavy atom. The molecule has 23 heavy (non-hydrogen) atoms. The zero-order valence-corrected chi connectivity index (χ0v) is 15.6. The van der Waals surface area contributed by atoms with Gasteiger partial charge in [0, 0.05) is 5.41 Å². The van der Waals surface area contributed by atoms with Gasteiger partial charge in [-0.25, -0.2) is 0 Å². The Balaban J connectivity index is 1.71. The Labute approximate surface area is 147 Å². The lowest BCUT2D eigenvalue weighted by Crippen LogP contribution is -2.37. The van der Waals surface area contributed by atoms with Crippen molar-refractivity contribution in [3.8, 4) is 0 Å². The van der Waals surface area contributed by atoms with Gasteiger partial charge >= 0.3 is 5.97 Å². The van der Waals surface area contributed by atoms with E-state index in [4.69, 9.17) is 9.47 Å². The molecule has 3 aliphatic rings. The van der Waals surface area contributed by atoms with E-state index in [1.165, 1.54) is 32.1 Å². The number of allylic oxidation sites excluding steroid dienone is 3. The summed E-state index contributed by atoms with van der Waals surface area (Å²) in [5.74, 6) is 1.48. The van der Waals surface area contributed by atoms with E-state index >= 15 is 0 Å². The molecule has 0 saturated heterocycles. The third-order valence-electron chi connectivity index (χ3n) is 5.61. The molecular formula is C19H27BrO3. The summed E-state index contributed by atoms with van der Waals surface area (Å²) in [4.78, 5) is 12.1. The van der Waals surface area contributed by atoms with E-state index in [2.05, 4.69) is 28.1 Å². The molecule has 3 nitrogen and oxygen atoms in total. The first-order valence-corrected chi connectivity index (χ1v) is 9.83. The Bertz CT molecular complexity index is 501. The predicted octanol–water partition coefficient (Wildman–Crippen LogP) is 5.25. The highest BCUT2D eigenvalue weighted by Crippen LogP contribution is 2.52. The Hall–Kier alpha value is -0.770. The number of carbonyl (C=O) groups excluding carboxylic acids is 1. The third kappa shape index (κ3) is 3.84. The number of hydrogen-bond acceptors (Lipinski definition) is 3. The van der Waals surface area contributed by atoms with Crippen LogP contribution in [0.25, 0.3) is 0 Å². The molecule has 1 unspecified atom stereocenters. The molecule has 3 aliphatic carbocycles. The average molecular weight is 383 g/mol. The van der Waals surface area contributed by atoms with Gasteiger partial charge in [-0.3, -0.25) is 4.79 Å². The zero-order valence-electron chi connectivity index (χ0n) is 14.0. The van der Waals surface area contributed by atoms with Gasteiger partial charge in [0.1, 0.15) is 5.76 Å². The van der Waals surface area contributed by atoms with E-state index in [1.54, 1.807) is 0 Å². The smallest absolute Gasteiger partial charge is 0.306 e. The molecule has 0 aliphatic heterocycles. The van der Waals surface area contributed by atoms with E-state index in [0.29, 0.717) is 25.0 Å². The van der Waals surface area contributed by atoms with Gasteiger partial charge in [-0.05, 0) is 79.8 Å². The molecule has 128 valence electrons. The maximum atomic E-state index is 12.1. The van der Waals surface area contributed by atoms with Crippen molar-refractivity contribution in [1.82, 2.24) is 0 Å². The molecule has 0 bridgehead atoms. The Morgan fingerprint density at radius 2 is 2.00 bits per heavy atom.